The van der Waals surface area contributed by atoms with Crippen molar-refractivity contribution in [1.82, 2.24) is 0 Å². The second-order valence-electron chi connectivity index (χ2n) is 9.52. The number of thiocarbonyl (C=S) groups is 1. The van der Waals surface area contributed by atoms with E-state index >= 15 is 0 Å². The van der Waals surface area contributed by atoms with Crippen LogP contribution in [0.2, 0.25) is 0 Å². The molecule has 2 rings (SSSR count). The number of aryl methyl sites for hydroxylation is 2. The van der Waals surface area contributed by atoms with Gasteiger partial charge in [0.25, 0.3) is 0 Å². The average Bonchev–Trinajstić information content (AvgIpc) is 2.85. The molecular weight excluding hydrogens is 471 g/mol. The van der Waals surface area contributed by atoms with Crippen LogP contribution < -0.4 is 9.83 Å². The van der Waals surface area contributed by atoms with Crippen molar-refractivity contribution in [1.29, 1.82) is 0 Å². The molecule has 0 aromatic heterocycles. The van der Waals surface area contributed by atoms with Crippen molar-refractivity contribution in [3.05, 3.63) is 59.2 Å². The second-order valence-corrected chi connectivity index (χ2v) is 11.6. The first-order chi connectivity index (χ1) is 17.0. The summed E-state index contributed by atoms with van der Waals surface area (Å²) in [5, 5.41) is 2.21. The van der Waals surface area contributed by atoms with Gasteiger partial charge >= 0.3 is 7.60 Å². The van der Waals surface area contributed by atoms with E-state index in [2.05, 4.69) is 19.9 Å². The molecule has 0 aliphatic carbocycles. The summed E-state index contributed by atoms with van der Waals surface area (Å²) in [5.41, 5.74) is 3.29. The zero-order chi connectivity index (χ0) is 25.4. The molecule has 0 radical (unpaired) electrons. The van der Waals surface area contributed by atoms with Gasteiger partial charge in [-0.2, -0.15) is 0 Å². The maximum atomic E-state index is 13.6. The van der Waals surface area contributed by atoms with E-state index in [1.54, 1.807) is 11.4 Å². The van der Waals surface area contributed by atoms with Crippen molar-refractivity contribution in [3.63, 3.8) is 0 Å². The molecule has 0 saturated carbocycles. The van der Waals surface area contributed by atoms with E-state index in [0.29, 0.717) is 11.1 Å². The number of rotatable bonds is 19. The Morgan fingerprint density at radius 2 is 1.37 bits per heavy atom. The van der Waals surface area contributed by atoms with E-state index in [4.69, 9.17) is 16.7 Å². The Balaban J connectivity index is 2.22. The number of benzene rings is 2. The van der Waals surface area contributed by atoms with Crippen molar-refractivity contribution >= 4 is 30.5 Å². The lowest BCUT2D eigenvalue weighted by molar-refractivity contribution is 0.390. The van der Waals surface area contributed by atoms with Crippen LogP contribution in [0.5, 0.6) is 5.75 Å². The summed E-state index contributed by atoms with van der Waals surface area (Å²) < 4.78 is 19.6. The van der Waals surface area contributed by atoms with E-state index < -0.39 is 7.60 Å². The quantitative estimate of drug-likeness (QED) is 0.115. The van der Waals surface area contributed by atoms with E-state index in [1.165, 1.54) is 44.1 Å². The fourth-order valence-corrected chi connectivity index (χ4v) is 6.11. The van der Waals surface area contributed by atoms with Crippen LogP contribution in [0, 0.1) is 0 Å². The lowest BCUT2D eigenvalue weighted by Gasteiger charge is -2.21. The molecule has 5 heteroatoms. The zero-order valence-corrected chi connectivity index (χ0v) is 23.6. The monoisotopic (exact) mass is 516 g/mol. The van der Waals surface area contributed by atoms with Crippen molar-refractivity contribution in [2.24, 2.45) is 0 Å². The summed E-state index contributed by atoms with van der Waals surface area (Å²) in [5.74, 6) is 0.580. The lowest BCUT2D eigenvalue weighted by atomic mass is 9.96. The summed E-state index contributed by atoms with van der Waals surface area (Å²) >= 11 is 4.91. The third-order valence-electron chi connectivity index (χ3n) is 6.60. The van der Waals surface area contributed by atoms with Gasteiger partial charge in [-0.3, -0.25) is 0 Å². The van der Waals surface area contributed by atoms with Gasteiger partial charge in [0.2, 0.25) is 0 Å². The second kappa shape index (κ2) is 17.1. The Kier molecular flexibility index (Phi) is 14.5. The summed E-state index contributed by atoms with van der Waals surface area (Å²) in [6.07, 6.45) is 16.1. The predicted molar refractivity (Wildman–Crippen MR) is 154 cm³/mol. The minimum atomic E-state index is -4.02. The number of hydrogen-bond acceptors (Lipinski definition) is 3. The van der Waals surface area contributed by atoms with Crippen LogP contribution in [0.4, 0.5) is 0 Å². The van der Waals surface area contributed by atoms with Gasteiger partial charge in [0.15, 0.2) is 0 Å². The highest BCUT2D eigenvalue weighted by molar-refractivity contribution is 7.78. The highest BCUT2D eigenvalue weighted by Crippen LogP contribution is 2.44. The van der Waals surface area contributed by atoms with E-state index in [9.17, 15) is 9.46 Å². The van der Waals surface area contributed by atoms with Crippen LogP contribution >= 0.6 is 19.8 Å². The van der Waals surface area contributed by atoms with Crippen molar-refractivity contribution < 1.29 is 14.0 Å². The van der Waals surface area contributed by atoms with Gasteiger partial charge in [0.05, 0.1) is 5.30 Å². The third-order valence-corrected chi connectivity index (χ3v) is 8.32. The highest BCUT2D eigenvalue weighted by atomic mass is 32.1. The molecule has 0 fully saturated rings. The van der Waals surface area contributed by atoms with Gasteiger partial charge in [-0.1, -0.05) is 101 Å². The highest BCUT2D eigenvalue weighted by Gasteiger charge is 2.28. The van der Waals surface area contributed by atoms with Crippen LogP contribution in [0.3, 0.4) is 0 Å². The van der Waals surface area contributed by atoms with Gasteiger partial charge in [-0.15, -0.1) is 0 Å². The molecule has 1 N–H and O–H groups in total. The molecule has 0 spiro atoms. The molecule has 0 aliphatic rings. The van der Waals surface area contributed by atoms with Gasteiger partial charge in [0.1, 0.15) is 5.75 Å². The lowest BCUT2D eigenvalue weighted by Crippen LogP contribution is -2.15. The van der Waals surface area contributed by atoms with Crippen LogP contribution in [-0.2, 0) is 23.8 Å². The predicted octanol–water partition coefficient (Wildman–Crippen LogP) is 8.92. The maximum Gasteiger partial charge on any atom is 0.408 e. The Bertz CT molecular complexity index is 928. The molecule has 2 aromatic carbocycles. The maximum absolute atomic E-state index is 13.6. The smallest absolute Gasteiger partial charge is 0.408 e. The largest absolute Gasteiger partial charge is 0.421 e. The van der Waals surface area contributed by atoms with Gasteiger partial charge in [-0.05, 0) is 85.6 Å². The average molecular weight is 517 g/mol. The van der Waals surface area contributed by atoms with E-state index in [-0.39, 0.29) is 0 Å². The first kappa shape index (κ1) is 29.7. The fraction of sp³-hybridized carbons (Fsp3) is 0.567. The third kappa shape index (κ3) is 10.6. The van der Waals surface area contributed by atoms with Crippen molar-refractivity contribution in [3.8, 4) is 5.75 Å². The van der Waals surface area contributed by atoms with Gasteiger partial charge in [0, 0.05) is 0 Å². The number of hydrogen-bond donors (Lipinski definition) is 1. The Hall–Kier alpha value is -1.48. The van der Waals surface area contributed by atoms with Gasteiger partial charge in [-0.25, -0.2) is 4.57 Å². The fourth-order valence-electron chi connectivity index (χ4n) is 4.59. The van der Waals surface area contributed by atoms with E-state index in [0.717, 1.165) is 68.9 Å². The Morgan fingerprint density at radius 1 is 0.771 bits per heavy atom. The molecule has 0 saturated heterocycles. The number of unbranched alkanes of at least 4 members (excludes halogenated alkanes) is 9. The summed E-state index contributed by atoms with van der Waals surface area (Å²) in [4.78, 5) is 11.1. The van der Waals surface area contributed by atoms with Crippen LogP contribution in [-0.4, -0.2) is 10.3 Å². The van der Waals surface area contributed by atoms with Crippen LogP contribution in [0.15, 0.2) is 42.5 Å². The SMILES string of the molecule is CCCCCCc1cccc(OP(=O)(O)c2ccccc2CCCCCC=S)c1CCCCCC. The molecule has 1 unspecified atom stereocenters. The first-order valence-corrected chi connectivity index (χ1v) is 15.7. The van der Waals surface area contributed by atoms with Crippen LogP contribution in [0.1, 0.15) is 108 Å². The summed E-state index contributed by atoms with van der Waals surface area (Å²) in [7, 11) is -4.02. The molecule has 0 amide bonds. The minimum absolute atomic E-state index is 0.431. The molecule has 3 nitrogen and oxygen atoms in total. The Morgan fingerprint density at radius 3 is 2.06 bits per heavy atom. The zero-order valence-electron chi connectivity index (χ0n) is 21.8. The molecule has 194 valence electrons. The van der Waals surface area contributed by atoms with Gasteiger partial charge < -0.3 is 9.42 Å². The van der Waals surface area contributed by atoms with Crippen molar-refractivity contribution in [2.45, 2.75) is 110 Å². The van der Waals surface area contributed by atoms with E-state index in [1.807, 2.05) is 30.3 Å². The molecule has 2 aromatic rings. The standard InChI is InChI=1S/C30H45O3PS/c1-3-5-7-11-18-26-21-17-23-29(28(26)22-13-8-6-4-2)33-34(31,32)30-24-15-14-20-27(30)19-12-9-10-16-25-35/h14-15,17,20-21,23-25H,3-13,16,18-19,22H2,1-2H3,(H,31,32). The summed E-state index contributed by atoms with van der Waals surface area (Å²) in [6, 6.07) is 13.5. The molecule has 35 heavy (non-hydrogen) atoms. The first-order valence-electron chi connectivity index (χ1n) is 13.7. The topological polar surface area (TPSA) is 46.5 Å². The van der Waals surface area contributed by atoms with Crippen LogP contribution in [0.25, 0.3) is 0 Å². The molecular formula is C30H45O3PS. The normalized spacial score (nSPS) is 12.9. The molecule has 0 aliphatic heterocycles. The Labute approximate surface area is 219 Å². The van der Waals surface area contributed by atoms with Crippen molar-refractivity contribution in [2.75, 3.05) is 0 Å². The minimum Gasteiger partial charge on any atom is -0.421 e. The molecule has 1 atom stereocenters. The molecule has 0 bridgehead atoms. The summed E-state index contributed by atoms with van der Waals surface area (Å²) in [6.45, 7) is 4.44. The molecule has 0 heterocycles.